The van der Waals surface area contributed by atoms with Crippen LogP contribution in [-0.4, -0.2) is 70.1 Å². The number of hydrogen-bond acceptors (Lipinski definition) is 11. The molecule has 3 aromatic heterocycles. The quantitative estimate of drug-likeness (QED) is 0.192. The number of hydrogen-bond donors (Lipinski definition) is 4. The zero-order chi connectivity index (χ0) is 31.1. The summed E-state index contributed by atoms with van der Waals surface area (Å²) in [5.74, 6) is 0.139. The van der Waals surface area contributed by atoms with Crippen LogP contribution in [0.3, 0.4) is 0 Å². The maximum absolute atomic E-state index is 14.0. The number of carbonyl (C=O) groups is 2. The van der Waals surface area contributed by atoms with Gasteiger partial charge in [0.2, 0.25) is 5.89 Å². The first-order valence-electron chi connectivity index (χ1n) is 14.2. The second kappa shape index (κ2) is 11.8. The van der Waals surface area contributed by atoms with Crippen molar-refractivity contribution in [1.29, 1.82) is 0 Å². The lowest BCUT2D eigenvalue weighted by Gasteiger charge is -2.37. The van der Waals surface area contributed by atoms with E-state index in [-0.39, 0.29) is 53.0 Å². The molecule has 0 spiro atoms. The number of nitrogens with one attached hydrogen (secondary N) is 1. The van der Waals surface area contributed by atoms with Crippen molar-refractivity contribution >= 4 is 39.9 Å². The van der Waals surface area contributed by atoms with Gasteiger partial charge in [-0.3, -0.25) is 18.2 Å². The van der Waals surface area contributed by atoms with Crippen LogP contribution in [0.25, 0.3) is 11.6 Å². The molecule has 15 heteroatoms. The maximum Gasteiger partial charge on any atom is 0.405 e. The molecule has 0 saturated carbocycles. The fraction of sp³-hybridized carbons (Fsp3) is 0.379. The zero-order valence-corrected chi connectivity index (χ0v) is 25.8. The van der Waals surface area contributed by atoms with E-state index in [0.29, 0.717) is 19.5 Å². The number of aryl methyl sites for hydroxylation is 1. The number of carbonyl (C=O) groups excluding carboxylic acids is 1. The Balaban J connectivity index is 1.39. The van der Waals surface area contributed by atoms with E-state index in [4.69, 9.17) is 4.42 Å². The molecule has 6 rings (SSSR count). The van der Waals surface area contributed by atoms with Gasteiger partial charge in [-0.1, -0.05) is 30.3 Å². The minimum atomic E-state index is -3.12. The van der Waals surface area contributed by atoms with Crippen LogP contribution >= 0.6 is 22.1 Å². The van der Waals surface area contributed by atoms with Gasteiger partial charge < -0.3 is 19.7 Å². The van der Waals surface area contributed by atoms with E-state index in [1.54, 1.807) is 24.0 Å². The minimum Gasteiger partial charge on any atom is -0.465 e. The summed E-state index contributed by atoms with van der Waals surface area (Å²) in [6, 6.07) is 12.3. The van der Waals surface area contributed by atoms with Gasteiger partial charge in [-0.25, -0.2) is 14.8 Å². The number of nitrogens with zero attached hydrogens (tertiary/aromatic N) is 6. The molecule has 4 aromatic rings. The van der Waals surface area contributed by atoms with Crippen molar-refractivity contribution in [1.82, 2.24) is 30.4 Å². The molecule has 2 saturated heterocycles. The SMILES string of the molecule is Cc1csc([C@H]2CCCN2C(=O)c2cc(-c3nnc([C@@](C)(Cc4ccccc4)NC(=O)O)o3)nc(N3CCCS3(O)O)c2)n1. The van der Waals surface area contributed by atoms with Crippen molar-refractivity contribution in [2.45, 2.75) is 51.1 Å². The summed E-state index contributed by atoms with van der Waals surface area (Å²) in [5.41, 5.74) is 0.924. The highest BCUT2D eigenvalue weighted by atomic mass is 32.3. The highest BCUT2D eigenvalue weighted by Gasteiger charge is 2.37. The Morgan fingerprint density at radius 2 is 1.93 bits per heavy atom. The lowest BCUT2D eigenvalue weighted by Crippen LogP contribution is -2.44. The molecule has 0 radical (unpaired) electrons. The van der Waals surface area contributed by atoms with Crippen molar-refractivity contribution in [3.63, 3.8) is 0 Å². The van der Waals surface area contributed by atoms with Gasteiger partial charge in [-0.15, -0.1) is 32.3 Å². The average Bonchev–Trinajstić information content (AvgIpc) is 3.79. The monoisotopic (exact) mass is 639 g/mol. The molecule has 2 fully saturated rings. The Morgan fingerprint density at radius 3 is 2.61 bits per heavy atom. The number of rotatable bonds is 8. The van der Waals surface area contributed by atoms with Crippen molar-refractivity contribution in [3.05, 3.63) is 75.6 Å². The van der Waals surface area contributed by atoms with Crippen LogP contribution in [-0.2, 0) is 12.0 Å². The second-order valence-corrected chi connectivity index (χ2v) is 14.2. The third kappa shape index (κ3) is 6.00. The first-order chi connectivity index (χ1) is 21.0. The van der Waals surface area contributed by atoms with Crippen molar-refractivity contribution < 1.29 is 28.2 Å². The lowest BCUT2D eigenvalue weighted by molar-refractivity contribution is 0.0735. The van der Waals surface area contributed by atoms with E-state index >= 15 is 0 Å². The third-order valence-electron chi connectivity index (χ3n) is 7.78. The molecule has 44 heavy (non-hydrogen) atoms. The molecule has 1 aromatic carbocycles. The summed E-state index contributed by atoms with van der Waals surface area (Å²) in [4.78, 5) is 36.8. The molecule has 2 aliphatic heterocycles. The molecule has 0 bridgehead atoms. The largest absolute Gasteiger partial charge is 0.465 e. The van der Waals surface area contributed by atoms with Crippen molar-refractivity contribution in [2.75, 3.05) is 23.1 Å². The number of anilines is 1. The van der Waals surface area contributed by atoms with Gasteiger partial charge in [0, 0.05) is 36.1 Å². The van der Waals surface area contributed by atoms with Crippen molar-refractivity contribution in [3.8, 4) is 11.6 Å². The fourth-order valence-electron chi connectivity index (χ4n) is 5.72. The number of amides is 2. The Morgan fingerprint density at radius 1 is 1.14 bits per heavy atom. The number of thiazole rings is 1. The molecule has 0 aliphatic carbocycles. The molecule has 0 unspecified atom stereocenters. The summed E-state index contributed by atoms with van der Waals surface area (Å²) in [6.07, 6.45) is 1.15. The molecular formula is C29H33N7O6S2. The zero-order valence-electron chi connectivity index (χ0n) is 24.2. The highest BCUT2D eigenvalue weighted by molar-refractivity contribution is 8.25. The van der Waals surface area contributed by atoms with Crippen LogP contribution in [0.15, 0.2) is 52.3 Å². The standard InChI is InChI=1S/C29H33N7O6S2/c1-18-17-43-25(30-18)22-10-6-11-35(22)26(37)20-14-21(31-23(15-20)36-12-7-13-44(36,40)41)24-33-34-27(42-24)29(2,32-28(38)39)16-19-8-4-3-5-9-19/h3-5,8-9,14-15,17,22,32,40-41H,6-7,10-13,16H2,1-2H3,(H,38,39)/t22-,29-/m1/s1. The number of benzene rings is 1. The van der Waals surface area contributed by atoms with E-state index in [1.165, 1.54) is 15.6 Å². The summed E-state index contributed by atoms with van der Waals surface area (Å²) in [6.45, 7) is 4.48. The highest BCUT2D eigenvalue weighted by Crippen LogP contribution is 2.51. The molecule has 5 heterocycles. The molecular weight excluding hydrogens is 606 g/mol. The minimum absolute atomic E-state index is 0.0167. The van der Waals surface area contributed by atoms with Gasteiger partial charge in [-0.05, 0) is 50.8 Å². The van der Waals surface area contributed by atoms with Crippen LogP contribution in [0, 0.1) is 6.92 Å². The van der Waals surface area contributed by atoms with Gasteiger partial charge in [0.15, 0.2) is 0 Å². The van der Waals surface area contributed by atoms with Crippen LogP contribution in [0.1, 0.15) is 64.7 Å². The molecule has 2 atom stereocenters. The smallest absolute Gasteiger partial charge is 0.405 e. The Hall–Kier alpha value is -4.05. The summed E-state index contributed by atoms with van der Waals surface area (Å²) in [7, 11) is -3.12. The van der Waals surface area contributed by atoms with E-state index in [0.717, 1.165) is 29.1 Å². The number of likely N-dealkylation sites (tertiary alicyclic amines) is 1. The van der Waals surface area contributed by atoms with Gasteiger partial charge in [-0.2, -0.15) is 0 Å². The van der Waals surface area contributed by atoms with E-state index in [1.807, 2.05) is 42.6 Å². The van der Waals surface area contributed by atoms with Crippen LogP contribution in [0.2, 0.25) is 0 Å². The normalized spacial score (nSPS) is 20.0. The predicted octanol–water partition coefficient (Wildman–Crippen LogP) is 5.48. The van der Waals surface area contributed by atoms with E-state index < -0.39 is 22.4 Å². The topological polar surface area (TPSA) is 178 Å². The second-order valence-electron chi connectivity index (χ2n) is 11.2. The number of carboxylic acid groups (broad SMARTS) is 1. The summed E-state index contributed by atoms with van der Waals surface area (Å²) >= 11 is 1.53. The van der Waals surface area contributed by atoms with Crippen LogP contribution in [0.5, 0.6) is 0 Å². The van der Waals surface area contributed by atoms with Crippen LogP contribution < -0.4 is 9.62 Å². The summed E-state index contributed by atoms with van der Waals surface area (Å²) in [5, 5.41) is 23.3. The average molecular weight is 640 g/mol. The first-order valence-corrected chi connectivity index (χ1v) is 16.8. The molecule has 2 amide bonds. The van der Waals surface area contributed by atoms with Gasteiger partial charge in [0.1, 0.15) is 22.1 Å². The molecule has 4 N–H and O–H groups in total. The Kier molecular flexibility index (Phi) is 8.04. The number of aromatic nitrogens is 4. The molecule has 13 nitrogen and oxygen atoms in total. The lowest BCUT2D eigenvalue weighted by atomic mass is 9.93. The fourth-order valence-corrected chi connectivity index (χ4v) is 8.21. The summed E-state index contributed by atoms with van der Waals surface area (Å²) < 4.78 is 29.0. The third-order valence-corrected chi connectivity index (χ3v) is 10.8. The maximum atomic E-state index is 14.0. The molecule has 232 valence electrons. The van der Waals surface area contributed by atoms with Crippen LogP contribution in [0.4, 0.5) is 10.6 Å². The van der Waals surface area contributed by atoms with Crippen molar-refractivity contribution in [2.24, 2.45) is 0 Å². The first kappa shape index (κ1) is 30.0. The predicted molar refractivity (Wildman–Crippen MR) is 166 cm³/mol. The van der Waals surface area contributed by atoms with E-state index in [9.17, 15) is 23.8 Å². The van der Waals surface area contributed by atoms with E-state index in [2.05, 4.69) is 25.5 Å². The number of pyridine rings is 1. The Labute approximate surface area is 259 Å². The Bertz CT molecular complexity index is 1680. The molecule has 2 aliphatic rings. The van der Waals surface area contributed by atoms with Gasteiger partial charge >= 0.3 is 6.09 Å². The van der Waals surface area contributed by atoms with Gasteiger partial charge in [0.25, 0.3) is 11.8 Å². The van der Waals surface area contributed by atoms with Gasteiger partial charge in [0.05, 0.1) is 11.8 Å².